The molecule has 2 aliphatic carbocycles. The number of sulfone groups is 1. The molecule has 108 valence electrons. The van der Waals surface area contributed by atoms with Gasteiger partial charge in [0.05, 0.1) is 5.75 Å². The first-order valence-corrected chi connectivity index (χ1v) is 9.09. The second kappa shape index (κ2) is 5.65. The minimum atomic E-state index is -3.05. The molecule has 5 heteroatoms. The van der Waals surface area contributed by atoms with Crippen LogP contribution in [0.2, 0.25) is 0 Å². The summed E-state index contributed by atoms with van der Waals surface area (Å²) in [7, 11) is -3.05. The van der Waals surface area contributed by atoms with Crippen LogP contribution in [-0.2, 0) is 14.6 Å². The molecule has 0 bridgehead atoms. The highest BCUT2D eigenvalue weighted by Gasteiger charge is 2.39. The molecule has 2 aliphatic rings. The van der Waals surface area contributed by atoms with Crippen LogP contribution in [0.25, 0.3) is 0 Å². The van der Waals surface area contributed by atoms with Crippen molar-refractivity contribution in [3.8, 4) is 0 Å². The summed E-state index contributed by atoms with van der Waals surface area (Å²) in [5.41, 5.74) is 0. The zero-order chi connectivity index (χ0) is 14.0. The number of amides is 1. The fourth-order valence-corrected chi connectivity index (χ4v) is 3.89. The average molecular weight is 285 g/mol. The van der Waals surface area contributed by atoms with Gasteiger partial charge in [-0.2, -0.15) is 0 Å². The third-order valence-electron chi connectivity index (χ3n) is 3.83. The smallest absolute Gasteiger partial charge is 0.226 e. The first kappa shape index (κ1) is 14.6. The maximum atomic E-state index is 12.6. The quantitative estimate of drug-likeness (QED) is 0.723. The molecule has 1 saturated carbocycles. The van der Waals surface area contributed by atoms with Crippen LogP contribution >= 0.6 is 0 Å². The molecule has 0 aliphatic heterocycles. The van der Waals surface area contributed by atoms with Crippen LogP contribution in [0.4, 0.5) is 0 Å². The fraction of sp³-hybridized carbons (Fsp3) is 0.786. The number of hydrogen-bond donors (Lipinski definition) is 0. The SMILES string of the molecule is CC(CS(C)(=O)=O)N(C(=O)C1CC=CCC1)C1CC1. The molecule has 0 heterocycles. The summed E-state index contributed by atoms with van der Waals surface area (Å²) < 4.78 is 22.9. The first-order chi connectivity index (χ1) is 8.88. The van der Waals surface area contributed by atoms with Crippen molar-refractivity contribution in [2.75, 3.05) is 12.0 Å². The maximum absolute atomic E-state index is 12.6. The molecule has 0 radical (unpaired) electrons. The van der Waals surface area contributed by atoms with Gasteiger partial charge in [-0.1, -0.05) is 12.2 Å². The van der Waals surface area contributed by atoms with E-state index in [-0.39, 0.29) is 29.7 Å². The fourth-order valence-electron chi connectivity index (χ4n) is 2.86. The second-order valence-corrected chi connectivity index (χ2v) is 8.08. The van der Waals surface area contributed by atoms with Crippen LogP contribution in [0.15, 0.2) is 12.2 Å². The molecule has 0 aromatic carbocycles. The van der Waals surface area contributed by atoms with E-state index in [4.69, 9.17) is 0 Å². The van der Waals surface area contributed by atoms with Crippen molar-refractivity contribution in [3.05, 3.63) is 12.2 Å². The van der Waals surface area contributed by atoms with Crippen molar-refractivity contribution in [1.82, 2.24) is 4.90 Å². The molecule has 2 unspecified atom stereocenters. The van der Waals surface area contributed by atoms with Crippen molar-refractivity contribution in [3.63, 3.8) is 0 Å². The predicted molar refractivity (Wildman–Crippen MR) is 75.5 cm³/mol. The molecule has 0 N–H and O–H groups in total. The van der Waals surface area contributed by atoms with Crippen molar-refractivity contribution in [1.29, 1.82) is 0 Å². The molecule has 1 fully saturated rings. The Morgan fingerprint density at radius 2 is 2.00 bits per heavy atom. The van der Waals surface area contributed by atoms with E-state index in [0.717, 1.165) is 32.1 Å². The number of rotatable bonds is 5. The lowest BCUT2D eigenvalue weighted by atomic mass is 9.92. The molecule has 0 saturated heterocycles. The summed E-state index contributed by atoms with van der Waals surface area (Å²) in [5, 5.41) is 0. The molecule has 0 aromatic heterocycles. The van der Waals surface area contributed by atoms with Gasteiger partial charge in [-0.25, -0.2) is 8.42 Å². The zero-order valence-electron chi connectivity index (χ0n) is 11.7. The molecule has 0 spiro atoms. The van der Waals surface area contributed by atoms with Gasteiger partial charge in [-0.05, 0) is 39.0 Å². The largest absolute Gasteiger partial charge is 0.336 e. The Labute approximate surface area is 115 Å². The zero-order valence-corrected chi connectivity index (χ0v) is 12.5. The van der Waals surface area contributed by atoms with E-state index in [1.807, 2.05) is 11.8 Å². The highest BCUT2D eigenvalue weighted by atomic mass is 32.2. The van der Waals surface area contributed by atoms with Gasteiger partial charge in [0.25, 0.3) is 0 Å². The predicted octanol–water partition coefficient (Wildman–Crippen LogP) is 1.77. The molecule has 0 aromatic rings. The highest BCUT2D eigenvalue weighted by Crippen LogP contribution is 2.32. The Bertz CT molecular complexity index is 465. The highest BCUT2D eigenvalue weighted by molar-refractivity contribution is 7.90. The van der Waals surface area contributed by atoms with Gasteiger partial charge >= 0.3 is 0 Å². The second-order valence-electron chi connectivity index (χ2n) is 5.90. The van der Waals surface area contributed by atoms with Crippen molar-refractivity contribution < 1.29 is 13.2 Å². The molecular formula is C14H23NO3S. The minimum Gasteiger partial charge on any atom is -0.336 e. The van der Waals surface area contributed by atoms with Gasteiger partial charge in [-0.15, -0.1) is 0 Å². The van der Waals surface area contributed by atoms with E-state index in [9.17, 15) is 13.2 Å². The lowest BCUT2D eigenvalue weighted by molar-refractivity contribution is -0.138. The number of nitrogens with zero attached hydrogens (tertiary/aromatic N) is 1. The van der Waals surface area contributed by atoms with Gasteiger partial charge in [0.2, 0.25) is 5.91 Å². The topological polar surface area (TPSA) is 54.5 Å². The molecule has 1 amide bonds. The lowest BCUT2D eigenvalue weighted by Gasteiger charge is -2.32. The third-order valence-corrected chi connectivity index (χ3v) is 4.92. The Balaban J connectivity index is 2.06. The van der Waals surface area contributed by atoms with Crippen LogP contribution in [0, 0.1) is 5.92 Å². The van der Waals surface area contributed by atoms with Crippen LogP contribution in [-0.4, -0.2) is 43.3 Å². The summed E-state index contributed by atoms with van der Waals surface area (Å²) in [6.45, 7) is 1.86. The van der Waals surface area contributed by atoms with Crippen molar-refractivity contribution in [2.45, 2.75) is 51.1 Å². The monoisotopic (exact) mass is 285 g/mol. The lowest BCUT2D eigenvalue weighted by Crippen LogP contribution is -2.46. The van der Waals surface area contributed by atoms with Crippen LogP contribution in [0.3, 0.4) is 0 Å². The van der Waals surface area contributed by atoms with Crippen molar-refractivity contribution >= 4 is 15.7 Å². The molecule has 4 nitrogen and oxygen atoms in total. The number of allylic oxidation sites excluding steroid dienone is 2. The van der Waals surface area contributed by atoms with Crippen molar-refractivity contribution in [2.24, 2.45) is 5.92 Å². The summed E-state index contributed by atoms with van der Waals surface area (Å²) in [6, 6.07) is 0.0658. The van der Waals surface area contributed by atoms with E-state index < -0.39 is 9.84 Å². The van der Waals surface area contributed by atoms with E-state index in [2.05, 4.69) is 12.2 Å². The Morgan fingerprint density at radius 3 is 2.47 bits per heavy atom. The summed E-state index contributed by atoms with van der Waals surface area (Å²) in [6.07, 6.45) is 10.1. The summed E-state index contributed by atoms with van der Waals surface area (Å²) in [5.74, 6) is 0.272. The molecule has 2 atom stereocenters. The Hall–Kier alpha value is -0.840. The van der Waals surface area contributed by atoms with Crippen LogP contribution in [0.5, 0.6) is 0 Å². The third kappa shape index (κ3) is 4.06. The van der Waals surface area contributed by atoms with Gasteiger partial charge in [0, 0.05) is 24.3 Å². The minimum absolute atomic E-state index is 0.0487. The van der Waals surface area contributed by atoms with Gasteiger partial charge in [0.1, 0.15) is 9.84 Å². The molecule has 19 heavy (non-hydrogen) atoms. The molecule has 2 rings (SSSR count). The number of carbonyl (C=O) groups excluding carboxylic acids is 1. The number of hydrogen-bond acceptors (Lipinski definition) is 3. The van der Waals surface area contributed by atoms with Gasteiger partial charge in [0.15, 0.2) is 0 Å². The summed E-state index contributed by atoms with van der Waals surface area (Å²) in [4.78, 5) is 14.5. The Morgan fingerprint density at radius 1 is 1.32 bits per heavy atom. The Kier molecular flexibility index (Phi) is 4.33. The van der Waals surface area contributed by atoms with Gasteiger partial charge in [-0.3, -0.25) is 4.79 Å². The van der Waals surface area contributed by atoms with E-state index in [1.165, 1.54) is 6.26 Å². The van der Waals surface area contributed by atoms with E-state index >= 15 is 0 Å². The number of carbonyl (C=O) groups is 1. The van der Waals surface area contributed by atoms with E-state index in [1.54, 1.807) is 0 Å². The average Bonchev–Trinajstić information content (AvgIpc) is 3.12. The molecular weight excluding hydrogens is 262 g/mol. The normalized spacial score (nSPS) is 25.1. The first-order valence-electron chi connectivity index (χ1n) is 7.03. The van der Waals surface area contributed by atoms with Gasteiger partial charge < -0.3 is 4.90 Å². The summed E-state index contributed by atoms with van der Waals surface area (Å²) >= 11 is 0. The maximum Gasteiger partial charge on any atom is 0.226 e. The van der Waals surface area contributed by atoms with Crippen LogP contribution < -0.4 is 0 Å². The standard InChI is InChI=1S/C14H23NO3S/c1-11(10-19(2,17)18)15(13-8-9-13)14(16)12-6-4-3-5-7-12/h3-4,11-13H,5-10H2,1-2H3. The van der Waals surface area contributed by atoms with E-state index in [0.29, 0.717) is 0 Å². The van der Waals surface area contributed by atoms with Crippen LogP contribution in [0.1, 0.15) is 39.0 Å².